The summed E-state index contributed by atoms with van der Waals surface area (Å²) in [5, 5.41) is 17.7. The molecule has 1 saturated heterocycles. The molecule has 2 N–H and O–H groups in total. The monoisotopic (exact) mass is 171 g/mol. The highest BCUT2D eigenvalue weighted by Crippen LogP contribution is 2.41. The second-order valence-corrected chi connectivity index (χ2v) is 3.76. The van der Waals surface area contributed by atoms with E-state index in [-0.39, 0.29) is 12.6 Å². The number of hydrogen-bond acceptors (Lipinski definition) is 2. The second kappa shape index (κ2) is 2.62. The van der Waals surface area contributed by atoms with Gasteiger partial charge in [0, 0.05) is 19.2 Å². The summed E-state index contributed by atoms with van der Waals surface area (Å²) in [5.74, 6) is 0.765. The van der Waals surface area contributed by atoms with Gasteiger partial charge in [0.1, 0.15) is 0 Å². The van der Waals surface area contributed by atoms with Crippen molar-refractivity contribution in [1.29, 1.82) is 0 Å². The maximum absolute atomic E-state index is 10.6. The normalized spacial score (nSPS) is 39.1. The van der Waals surface area contributed by atoms with Crippen LogP contribution in [0.25, 0.3) is 0 Å². The van der Waals surface area contributed by atoms with Crippen LogP contribution in [0.3, 0.4) is 0 Å². The molecule has 68 valence electrons. The van der Waals surface area contributed by atoms with E-state index in [2.05, 4.69) is 0 Å². The fourth-order valence-corrected chi connectivity index (χ4v) is 2.52. The molecule has 1 aliphatic carbocycles. The molecule has 4 nitrogen and oxygen atoms in total. The number of carbonyl (C=O) groups is 1. The molecule has 2 fully saturated rings. The highest BCUT2D eigenvalue weighted by molar-refractivity contribution is 5.66. The van der Waals surface area contributed by atoms with Crippen LogP contribution in [0.5, 0.6) is 0 Å². The number of aliphatic hydroxyl groups is 1. The molecule has 1 amide bonds. The highest BCUT2D eigenvalue weighted by atomic mass is 16.4. The highest BCUT2D eigenvalue weighted by Gasteiger charge is 2.45. The topological polar surface area (TPSA) is 60.8 Å². The minimum absolute atomic E-state index is 0.185. The van der Waals surface area contributed by atoms with Crippen molar-refractivity contribution in [2.75, 3.05) is 13.2 Å². The lowest BCUT2D eigenvalue weighted by Crippen LogP contribution is -2.39. The van der Waals surface area contributed by atoms with Gasteiger partial charge in [-0.1, -0.05) is 0 Å². The zero-order valence-electron chi connectivity index (χ0n) is 6.81. The van der Waals surface area contributed by atoms with Gasteiger partial charge >= 0.3 is 6.09 Å². The van der Waals surface area contributed by atoms with E-state index in [0.29, 0.717) is 18.4 Å². The van der Waals surface area contributed by atoms with E-state index < -0.39 is 6.09 Å². The number of fused-ring (bicyclic) bond motifs is 2. The summed E-state index contributed by atoms with van der Waals surface area (Å²) in [6.07, 6.45) is 1.00. The Morgan fingerprint density at radius 3 is 2.67 bits per heavy atom. The zero-order valence-corrected chi connectivity index (χ0v) is 6.81. The number of aliphatic hydroxyl groups excluding tert-OH is 1. The van der Waals surface area contributed by atoms with Crippen LogP contribution in [0, 0.1) is 11.8 Å². The van der Waals surface area contributed by atoms with Gasteiger partial charge in [0.2, 0.25) is 0 Å². The molecule has 1 heterocycles. The van der Waals surface area contributed by atoms with Crippen molar-refractivity contribution in [3.63, 3.8) is 0 Å². The number of nitrogens with zero attached hydrogens (tertiary/aromatic N) is 1. The third kappa shape index (κ3) is 0.982. The number of carboxylic acid groups (broad SMARTS) is 1. The van der Waals surface area contributed by atoms with Crippen molar-refractivity contribution in [2.45, 2.75) is 18.9 Å². The van der Waals surface area contributed by atoms with Crippen LogP contribution in [0.1, 0.15) is 12.8 Å². The maximum Gasteiger partial charge on any atom is 0.407 e. The fraction of sp³-hybridized carbons (Fsp3) is 0.875. The van der Waals surface area contributed by atoms with Crippen molar-refractivity contribution in [3.8, 4) is 0 Å². The quantitative estimate of drug-likeness (QED) is 0.599. The van der Waals surface area contributed by atoms with E-state index >= 15 is 0 Å². The van der Waals surface area contributed by atoms with Crippen molar-refractivity contribution in [1.82, 2.24) is 4.90 Å². The first-order valence-corrected chi connectivity index (χ1v) is 4.32. The largest absolute Gasteiger partial charge is 0.465 e. The summed E-state index contributed by atoms with van der Waals surface area (Å²) in [6, 6.07) is 0.185. The summed E-state index contributed by atoms with van der Waals surface area (Å²) < 4.78 is 0. The van der Waals surface area contributed by atoms with Gasteiger partial charge in [-0.15, -0.1) is 0 Å². The number of rotatable bonds is 1. The lowest BCUT2D eigenvalue weighted by Gasteiger charge is -2.28. The van der Waals surface area contributed by atoms with Crippen LogP contribution in [-0.4, -0.2) is 40.4 Å². The summed E-state index contributed by atoms with van der Waals surface area (Å²) in [7, 11) is 0. The third-order valence-electron chi connectivity index (χ3n) is 3.17. The minimum atomic E-state index is -0.807. The molecule has 4 heteroatoms. The van der Waals surface area contributed by atoms with Crippen LogP contribution in [0.15, 0.2) is 0 Å². The Kier molecular flexibility index (Phi) is 1.72. The number of amides is 1. The van der Waals surface area contributed by atoms with Crippen molar-refractivity contribution in [2.24, 2.45) is 11.8 Å². The smallest absolute Gasteiger partial charge is 0.407 e. The number of piperidine rings is 1. The molecule has 0 radical (unpaired) electrons. The maximum atomic E-state index is 10.6. The van der Waals surface area contributed by atoms with E-state index in [9.17, 15) is 4.79 Å². The first kappa shape index (κ1) is 7.86. The van der Waals surface area contributed by atoms with Crippen molar-refractivity contribution >= 4 is 6.09 Å². The van der Waals surface area contributed by atoms with Gasteiger partial charge in [-0.3, -0.25) is 0 Å². The summed E-state index contributed by atoms with van der Waals surface area (Å²) in [6.45, 7) is 0.847. The van der Waals surface area contributed by atoms with Gasteiger partial charge in [-0.05, 0) is 24.7 Å². The molecule has 1 saturated carbocycles. The van der Waals surface area contributed by atoms with Gasteiger partial charge in [0.25, 0.3) is 0 Å². The Morgan fingerprint density at radius 1 is 1.50 bits per heavy atom. The standard InChI is InChI=1S/C8H13NO3/c10-4-6-2-7-1-5(6)3-9(7)8(11)12/h5-7,10H,1-4H2,(H,11,12). The molecule has 0 aromatic rings. The van der Waals surface area contributed by atoms with Gasteiger partial charge in [-0.2, -0.15) is 0 Å². The van der Waals surface area contributed by atoms with Crippen LogP contribution in [0.2, 0.25) is 0 Å². The molecule has 0 spiro atoms. The van der Waals surface area contributed by atoms with Gasteiger partial charge < -0.3 is 15.1 Å². The molecule has 12 heavy (non-hydrogen) atoms. The van der Waals surface area contributed by atoms with E-state index in [1.54, 1.807) is 0 Å². The van der Waals surface area contributed by atoms with Gasteiger partial charge in [0.15, 0.2) is 0 Å². The van der Waals surface area contributed by atoms with E-state index in [1.165, 1.54) is 4.90 Å². The molecule has 3 unspecified atom stereocenters. The first-order chi connectivity index (χ1) is 5.72. The van der Waals surface area contributed by atoms with Crippen LogP contribution < -0.4 is 0 Å². The van der Waals surface area contributed by atoms with Gasteiger partial charge in [-0.25, -0.2) is 4.79 Å². The lowest BCUT2D eigenvalue weighted by molar-refractivity contribution is 0.103. The predicted molar refractivity (Wildman–Crippen MR) is 41.8 cm³/mol. The molecule has 2 bridgehead atoms. The van der Waals surface area contributed by atoms with Crippen molar-refractivity contribution in [3.05, 3.63) is 0 Å². The SMILES string of the molecule is O=C(O)N1CC2CC1CC2CO. The molecule has 1 aliphatic heterocycles. The Bertz CT molecular complexity index is 206. The molecule has 3 atom stereocenters. The summed E-state index contributed by atoms with van der Waals surface area (Å²) in [4.78, 5) is 12.2. The average molecular weight is 171 g/mol. The minimum Gasteiger partial charge on any atom is -0.465 e. The number of hydrogen-bond donors (Lipinski definition) is 2. The van der Waals surface area contributed by atoms with Crippen LogP contribution in [-0.2, 0) is 0 Å². The van der Waals surface area contributed by atoms with E-state index in [4.69, 9.17) is 10.2 Å². The van der Waals surface area contributed by atoms with E-state index in [0.717, 1.165) is 12.8 Å². The van der Waals surface area contributed by atoms with Gasteiger partial charge in [0.05, 0.1) is 0 Å². The van der Waals surface area contributed by atoms with Crippen LogP contribution >= 0.6 is 0 Å². The second-order valence-electron chi connectivity index (χ2n) is 3.76. The average Bonchev–Trinajstić information content (AvgIpc) is 2.60. The lowest BCUT2D eigenvalue weighted by atomic mass is 9.96. The Labute approximate surface area is 70.8 Å². The summed E-state index contributed by atoms with van der Waals surface area (Å²) in [5.41, 5.74) is 0. The number of likely N-dealkylation sites (tertiary alicyclic amines) is 1. The first-order valence-electron chi connectivity index (χ1n) is 4.32. The zero-order chi connectivity index (χ0) is 8.72. The van der Waals surface area contributed by atoms with Crippen LogP contribution in [0.4, 0.5) is 4.79 Å². The molecule has 0 aromatic carbocycles. The molecule has 2 rings (SSSR count). The Hall–Kier alpha value is -0.770. The molecular weight excluding hydrogens is 158 g/mol. The fourth-order valence-electron chi connectivity index (χ4n) is 2.52. The third-order valence-corrected chi connectivity index (χ3v) is 3.17. The molecule has 0 aromatic heterocycles. The predicted octanol–water partition coefficient (Wildman–Crippen LogP) is 0.367. The van der Waals surface area contributed by atoms with E-state index in [1.807, 2.05) is 0 Å². The molecule has 2 aliphatic rings. The Morgan fingerprint density at radius 2 is 2.25 bits per heavy atom. The summed E-state index contributed by atoms with van der Waals surface area (Å²) >= 11 is 0. The molecular formula is C8H13NO3. The van der Waals surface area contributed by atoms with Crippen molar-refractivity contribution < 1.29 is 15.0 Å². The Balaban J connectivity index is 2.03.